The second-order valence-corrected chi connectivity index (χ2v) is 5.68. The van der Waals surface area contributed by atoms with E-state index in [9.17, 15) is 0 Å². The molecule has 0 radical (unpaired) electrons. The van der Waals surface area contributed by atoms with Crippen LogP contribution in [0.4, 0.5) is 5.95 Å². The first-order valence-corrected chi connectivity index (χ1v) is 7.26. The van der Waals surface area contributed by atoms with E-state index in [1.54, 1.807) is 0 Å². The number of hydrogen-bond donors (Lipinski definition) is 2. The smallest absolute Gasteiger partial charge is 0.244 e. The summed E-state index contributed by atoms with van der Waals surface area (Å²) in [5, 5.41) is 7.54. The van der Waals surface area contributed by atoms with Gasteiger partial charge in [-0.15, -0.1) is 5.10 Å². The molecule has 5 heteroatoms. The molecule has 3 N–H and O–H groups in total. The molecule has 1 aromatic rings. The molecule has 100 valence electrons. The summed E-state index contributed by atoms with van der Waals surface area (Å²) in [5.74, 6) is 2.58. The molecule has 0 aromatic carbocycles. The highest BCUT2D eigenvalue weighted by Gasteiger charge is 2.23. The number of aromatic amines is 1. The summed E-state index contributed by atoms with van der Waals surface area (Å²) in [6.07, 6.45) is 8.67. The standard InChI is InChI=1S/C13H23N5/c14-11-6-8-18(9-7-11)13-15-12(16-17-13)10-4-2-1-3-5-10/h10-11H,1-9,14H2,(H,15,16,17). The summed E-state index contributed by atoms with van der Waals surface area (Å²) >= 11 is 0. The molecular formula is C13H23N5. The highest BCUT2D eigenvalue weighted by molar-refractivity contribution is 5.30. The average molecular weight is 249 g/mol. The normalized spacial score (nSPS) is 23.5. The van der Waals surface area contributed by atoms with Crippen LogP contribution in [0.5, 0.6) is 0 Å². The fourth-order valence-corrected chi connectivity index (χ4v) is 3.06. The van der Waals surface area contributed by atoms with Crippen LogP contribution in [0.15, 0.2) is 0 Å². The Balaban J connectivity index is 1.65. The lowest BCUT2D eigenvalue weighted by molar-refractivity contribution is 0.429. The van der Waals surface area contributed by atoms with Gasteiger partial charge in [0, 0.05) is 25.0 Å². The summed E-state index contributed by atoms with van der Waals surface area (Å²) in [6, 6.07) is 0.359. The van der Waals surface area contributed by atoms with Crippen LogP contribution in [0.25, 0.3) is 0 Å². The molecule has 1 aromatic heterocycles. The van der Waals surface area contributed by atoms with Crippen molar-refractivity contribution in [3.8, 4) is 0 Å². The lowest BCUT2D eigenvalue weighted by Gasteiger charge is -2.29. The average Bonchev–Trinajstić information content (AvgIpc) is 2.90. The van der Waals surface area contributed by atoms with Crippen LogP contribution in [0, 0.1) is 0 Å². The molecule has 0 spiro atoms. The molecule has 1 aliphatic carbocycles. The quantitative estimate of drug-likeness (QED) is 0.838. The zero-order valence-corrected chi connectivity index (χ0v) is 10.9. The van der Waals surface area contributed by atoms with E-state index in [2.05, 4.69) is 15.1 Å². The molecule has 1 aliphatic heterocycles. The van der Waals surface area contributed by atoms with E-state index >= 15 is 0 Å². The van der Waals surface area contributed by atoms with Gasteiger partial charge in [0.15, 0.2) is 0 Å². The van der Waals surface area contributed by atoms with Crippen molar-refractivity contribution in [3.63, 3.8) is 0 Å². The molecule has 5 nitrogen and oxygen atoms in total. The van der Waals surface area contributed by atoms with Crippen LogP contribution in [-0.2, 0) is 0 Å². The molecule has 18 heavy (non-hydrogen) atoms. The third-order valence-electron chi connectivity index (χ3n) is 4.31. The predicted octanol–water partition coefficient (Wildman–Crippen LogP) is 1.78. The Labute approximate surface area is 108 Å². The van der Waals surface area contributed by atoms with E-state index in [0.717, 1.165) is 37.7 Å². The van der Waals surface area contributed by atoms with Gasteiger partial charge in [-0.1, -0.05) is 19.3 Å². The summed E-state index contributed by atoms with van der Waals surface area (Å²) in [7, 11) is 0. The zero-order valence-electron chi connectivity index (χ0n) is 10.9. The van der Waals surface area contributed by atoms with Crippen molar-refractivity contribution in [1.29, 1.82) is 0 Å². The van der Waals surface area contributed by atoms with Crippen molar-refractivity contribution in [2.45, 2.75) is 56.9 Å². The van der Waals surface area contributed by atoms with Crippen LogP contribution in [0.3, 0.4) is 0 Å². The summed E-state index contributed by atoms with van der Waals surface area (Å²) in [5.41, 5.74) is 5.92. The van der Waals surface area contributed by atoms with Gasteiger partial charge < -0.3 is 10.6 Å². The number of nitrogens with zero attached hydrogens (tertiary/aromatic N) is 3. The summed E-state index contributed by atoms with van der Waals surface area (Å²) in [4.78, 5) is 6.96. The Hall–Kier alpha value is -1.10. The number of nitrogens with two attached hydrogens (primary N) is 1. The van der Waals surface area contributed by atoms with Gasteiger partial charge in [0.05, 0.1) is 0 Å². The first kappa shape index (κ1) is 12.0. The topological polar surface area (TPSA) is 70.8 Å². The monoisotopic (exact) mass is 249 g/mol. The third kappa shape index (κ3) is 2.51. The number of piperidine rings is 1. The highest BCUT2D eigenvalue weighted by atomic mass is 15.4. The van der Waals surface area contributed by atoms with Crippen molar-refractivity contribution in [2.24, 2.45) is 5.73 Å². The lowest BCUT2D eigenvalue weighted by Crippen LogP contribution is -2.40. The van der Waals surface area contributed by atoms with E-state index in [1.807, 2.05) is 0 Å². The van der Waals surface area contributed by atoms with Crippen LogP contribution >= 0.6 is 0 Å². The highest BCUT2D eigenvalue weighted by Crippen LogP contribution is 2.31. The fraction of sp³-hybridized carbons (Fsp3) is 0.846. The van der Waals surface area contributed by atoms with E-state index in [0.29, 0.717) is 12.0 Å². The Bertz CT molecular complexity index is 374. The second kappa shape index (κ2) is 5.26. The van der Waals surface area contributed by atoms with Gasteiger partial charge in [-0.2, -0.15) is 4.98 Å². The van der Waals surface area contributed by atoms with Gasteiger partial charge in [-0.3, -0.25) is 5.10 Å². The van der Waals surface area contributed by atoms with Crippen molar-refractivity contribution in [2.75, 3.05) is 18.0 Å². The van der Waals surface area contributed by atoms with Crippen molar-refractivity contribution in [1.82, 2.24) is 15.2 Å². The summed E-state index contributed by atoms with van der Waals surface area (Å²) < 4.78 is 0. The number of H-pyrrole nitrogens is 1. The minimum atomic E-state index is 0.359. The fourth-order valence-electron chi connectivity index (χ4n) is 3.06. The molecule has 1 saturated carbocycles. The Kier molecular flexibility index (Phi) is 3.50. The van der Waals surface area contributed by atoms with Gasteiger partial charge in [-0.05, 0) is 25.7 Å². The van der Waals surface area contributed by atoms with Crippen molar-refractivity contribution < 1.29 is 0 Å². The second-order valence-electron chi connectivity index (χ2n) is 5.68. The molecule has 0 bridgehead atoms. The minimum Gasteiger partial charge on any atom is -0.339 e. The van der Waals surface area contributed by atoms with Crippen molar-refractivity contribution >= 4 is 5.95 Å². The maximum Gasteiger partial charge on any atom is 0.244 e. The number of anilines is 1. The number of nitrogens with one attached hydrogen (secondary N) is 1. The van der Waals surface area contributed by atoms with Gasteiger partial charge in [0.1, 0.15) is 5.82 Å². The Morgan fingerprint density at radius 2 is 1.78 bits per heavy atom. The van der Waals surface area contributed by atoms with Crippen LogP contribution < -0.4 is 10.6 Å². The molecular weight excluding hydrogens is 226 g/mol. The number of aromatic nitrogens is 3. The van der Waals surface area contributed by atoms with E-state index in [4.69, 9.17) is 10.7 Å². The molecule has 3 rings (SSSR count). The van der Waals surface area contributed by atoms with E-state index in [-0.39, 0.29) is 0 Å². The largest absolute Gasteiger partial charge is 0.339 e. The minimum absolute atomic E-state index is 0.359. The molecule has 2 fully saturated rings. The number of hydrogen-bond acceptors (Lipinski definition) is 4. The lowest BCUT2D eigenvalue weighted by atomic mass is 9.89. The molecule has 0 unspecified atom stereocenters. The summed E-state index contributed by atoms with van der Waals surface area (Å²) in [6.45, 7) is 1.98. The zero-order chi connectivity index (χ0) is 12.4. The molecule has 1 saturated heterocycles. The van der Waals surface area contributed by atoms with Crippen LogP contribution in [0.1, 0.15) is 56.7 Å². The maximum atomic E-state index is 5.92. The molecule has 2 aliphatic rings. The van der Waals surface area contributed by atoms with Gasteiger partial charge in [0.25, 0.3) is 0 Å². The third-order valence-corrected chi connectivity index (χ3v) is 4.31. The Morgan fingerprint density at radius 3 is 2.50 bits per heavy atom. The van der Waals surface area contributed by atoms with Crippen LogP contribution in [-0.4, -0.2) is 34.3 Å². The van der Waals surface area contributed by atoms with Crippen LogP contribution in [0.2, 0.25) is 0 Å². The molecule has 0 atom stereocenters. The van der Waals surface area contributed by atoms with E-state index in [1.165, 1.54) is 32.1 Å². The Morgan fingerprint density at radius 1 is 1.06 bits per heavy atom. The van der Waals surface area contributed by atoms with Gasteiger partial charge in [0.2, 0.25) is 5.95 Å². The molecule has 2 heterocycles. The number of rotatable bonds is 2. The maximum absolute atomic E-state index is 5.92. The molecule has 0 amide bonds. The first-order valence-electron chi connectivity index (χ1n) is 7.26. The van der Waals surface area contributed by atoms with Crippen molar-refractivity contribution in [3.05, 3.63) is 5.82 Å². The SMILES string of the molecule is NC1CCN(c2n[nH]c(C3CCCCC3)n2)CC1. The van der Waals surface area contributed by atoms with E-state index < -0.39 is 0 Å². The first-order chi connectivity index (χ1) is 8.83. The van der Waals surface area contributed by atoms with Gasteiger partial charge in [-0.25, -0.2) is 0 Å². The predicted molar refractivity (Wildman–Crippen MR) is 71.6 cm³/mol. The van der Waals surface area contributed by atoms with Gasteiger partial charge >= 0.3 is 0 Å².